The second kappa shape index (κ2) is 9.18. The van der Waals surface area contributed by atoms with Crippen LogP contribution in [0, 0.1) is 0 Å². The van der Waals surface area contributed by atoms with E-state index in [0.29, 0.717) is 6.54 Å². The Morgan fingerprint density at radius 2 is 2.00 bits per heavy atom. The topological polar surface area (TPSA) is 50.4 Å². The van der Waals surface area contributed by atoms with E-state index in [9.17, 15) is 4.79 Å². The Morgan fingerprint density at radius 1 is 1.17 bits per heavy atom. The molecule has 0 aliphatic carbocycles. The van der Waals surface area contributed by atoms with Crippen molar-refractivity contribution < 1.29 is 9.53 Å². The molecule has 0 aliphatic rings. The zero-order chi connectivity index (χ0) is 16.5. The molecule has 0 aliphatic heterocycles. The molecule has 0 unspecified atom stereocenters. The van der Waals surface area contributed by atoms with Gasteiger partial charge in [-0.15, -0.1) is 0 Å². The molecule has 122 valence electrons. The average molecular weight is 333 g/mol. The standard InChI is InChI=1S/C18H21ClN2O2/c1-23-17-8-3-2-6-15(17)12-21-18(22)13-20-10-9-14-5-4-7-16(19)11-14/h2-8,11,20H,9-10,12-13H2,1H3,(H,21,22). The maximum absolute atomic E-state index is 11.8. The molecule has 0 saturated heterocycles. The van der Waals surface area contributed by atoms with Crippen molar-refractivity contribution >= 4 is 17.5 Å². The van der Waals surface area contributed by atoms with Gasteiger partial charge in [0.05, 0.1) is 13.7 Å². The van der Waals surface area contributed by atoms with Crippen LogP contribution in [0.2, 0.25) is 5.02 Å². The number of carbonyl (C=O) groups excluding carboxylic acids is 1. The van der Waals surface area contributed by atoms with E-state index in [4.69, 9.17) is 16.3 Å². The van der Waals surface area contributed by atoms with Gasteiger partial charge in [0.2, 0.25) is 5.91 Å². The Bertz CT molecular complexity index is 646. The van der Waals surface area contributed by atoms with Gasteiger partial charge in [-0.25, -0.2) is 0 Å². The van der Waals surface area contributed by atoms with E-state index in [1.807, 2.05) is 48.5 Å². The summed E-state index contributed by atoms with van der Waals surface area (Å²) in [4.78, 5) is 11.8. The highest BCUT2D eigenvalue weighted by Gasteiger charge is 2.04. The van der Waals surface area contributed by atoms with Gasteiger partial charge in [-0.1, -0.05) is 41.9 Å². The number of hydrogen-bond donors (Lipinski definition) is 2. The molecule has 2 aromatic carbocycles. The molecule has 5 heteroatoms. The van der Waals surface area contributed by atoms with E-state index in [1.165, 1.54) is 0 Å². The average Bonchev–Trinajstić information content (AvgIpc) is 2.57. The van der Waals surface area contributed by atoms with Gasteiger partial charge < -0.3 is 15.4 Å². The molecule has 0 atom stereocenters. The van der Waals surface area contributed by atoms with E-state index < -0.39 is 0 Å². The monoisotopic (exact) mass is 332 g/mol. The zero-order valence-corrected chi connectivity index (χ0v) is 13.9. The Labute approximate surface area is 141 Å². The smallest absolute Gasteiger partial charge is 0.234 e. The lowest BCUT2D eigenvalue weighted by molar-refractivity contribution is -0.120. The van der Waals surface area contributed by atoms with Crippen LogP contribution in [0.3, 0.4) is 0 Å². The second-order valence-electron chi connectivity index (χ2n) is 5.15. The number of carbonyl (C=O) groups is 1. The van der Waals surface area contributed by atoms with Crippen molar-refractivity contribution in [2.45, 2.75) is 13.0 Å². The van der Waals surface area contributed by atoms with Crippen molar-refractivity contribution in [2.75, 3.05) is 20.2 Å². The Kier molecular flexibility index (Phi) is 6.91. The molecule has 0 radical (unpaired) electrons. The third-order valence-corrected chi connectivity index (χ3v) is 3.67. The summed E-state index contributed by atoms with van der Waals surface area (Å²) < 4.78 is 5.26. The van der Waals surface area contributed by atoms with Crippen LogP contribution in [-0.2, 0) is 17.8 Å². The van der Waals surface area contributed by atoms with Crippen LogP contribution >= 0.6 is 11.6 Å². The van der Waals surface area contributed by atoms with Gasteiger partial charge in [-0.2, -0.15) is 0 Å². The highest BCUT2D eigenvalue weighted by molar-refractivity contribution is 6.30. The van der Waals surface area contributed by atoms with Crippen LogP contribution in [-0.4, -0.2) is 26.1 Å². The number of halogens is 1. The van der Waals surface area contributed by atoms with Gasteiger partial charge >= 0.3 is 0 Å². The maximum atomic E-state index is 11.8. The van der Waals surface area contributed by atoms with Gasteiger partial charge in [0, 0.05) is 17.1 Å². The summed E-state index contributed by atoms with van der Waals surface area (Å²) in [5, 5.41) is 6.74. The molecule has 0 spiro atoms. The molecule has 2 rings (SSSR count). The number of hydrogen-bond acceptors (Lipinski definition) is 3. The quantitative estimate of drug-likeness (QED) is 0.731. The third-order valence-electron chi connectivity index (χ3n) is 3.43. The van der Waals surface area contributed by atoms with Crippen molar-refractivity contribution in [2.24, 2.45) is 0 Å². The Morgan fingerprint density at radius 3 is 2.78 bits per heavy atom. The van der Waals surface area contributed by atoms with Crippen LogP contribution < -0.4 is 15.4 Å². The van der Waals surface area contributed by atoms with Gasteiger partial charge in [-0.3, -0.25) is 4.79 Å². The number of nitrogens with one attached hydrogen (secondary N) is 2. The lowest BCUT2D eigenvalue weighted by Crippen LogP contribution is -2.34. The fourth-order valence-corrected chi connectivity index (χ4v) is 2.45. The predicted octanol–water partition coefficient (Wildman–Crippen LogP) is 2.80. The fraction of sp³-hybridized carbons (Fsp3) is 0.278. The van der Waals surface area contributed by atoms with Crippen LogP contribution in [0.5, 0.6) is 5.75 Å². The number of ether oxygens (including phenoxy) is 1. The molecule has 2 N–H and O–H groups in total. The molecule has 0 aromatic heterocycles. The highest BCUT2D eigenvalue weighted by Crippen LogP contribution is 2.16. The minimum absolute atomic E-state index is 0.0398. The highest BCUT2D eigenvalue weighted by atomic mass is 35.5. The first-order valence-corrected chi connectivity index (χ1v) is 7.90. The number of para-hydroxylation sites is 1. The fourth-order valence-electron chi connectivity index (χ4n) is 2.23. The summed E-state index contributed by atoms with van der Waals surface area (Å²) in [5.41, 5.74) is 2.11. The van der Waals surface area contributed by atoms with E-state index >= 15 is 0 Å². The van der Waals surface area contributed by atoms with Crippen molar-refractivity contribution in [3.8, 4) is 5.75 Å². The Balaban J connectivity index is 1.67. The lowest BCUT2D eigenvalue weighted by Gasteiger charge is -2.10. The summed E-state index contributed by atoms with van der Waals surface area (Å²) >= 11 is 5.94. The lowest BCUT2D eigenvalue weighted by atomic mass is 10.1. The first-order chi connectivity index (χ1) is 11.2. The van der Waals surface area contributed by atoms with Gasteiger partial charge in [0.15, 0.2) is 0 Å². The van der Waals surface area contributed by atoms with Gasteiger partial charge in [0.25, 0.3) is 0 Å². The summed E-state index contributed by atoms with van der Waals surface area (Å²) in [6.45, 7) is 1.47. The van der Waals surface area contributed by atoms with Crippen LogP contribution in [0.1, 0.15) is 11.1 Å². The Hall–Kier alpha value is -2.04. The molecule has 0 bridgehead atoms. The predicted molar refractivity (Wildman–Crippen MR) is 92.9 cm³/mol. The second-order valence-corrected chi connectivity index (χ2v) is 5.58. The molecular weight excluding hydrogens is 312 g/mol. The maximum Gasteiger partial charge on any atom is 0.234 e. The first kappa shape index (κ1) is 17.3. The minimum Gasteiger partial charge on any atom is -0.496 e. The normalized spacial score (nSPS) is 10.3. The number of methoxy groups -OCH3 is 1. The molecule has 23 heavy (non-hydrogen) atoms. The van der Waals surface area contributed by atoms with Crippen molar-refractivity contribution in [3.63, 3.8) is 0 Å². The molecule has 0 fully saturated rings. The summed E-state index contributed by atoms with van der Waals surface area (Å²) in [6, 6.07) is 15.4. The third kappa shape index (κ3) is 5.93. The molecule has 0 heterocycles. The van der Waals surface area contributed by atoms with E-state index in [2.05, 4.69) is 10.6 Å². The molecule has 2 aromatic rings. The zero-order valence-electron chi connectivity index (χ0n) is 13.1. The van der Waals surface area contributed by atoms with Crippen molar-refractivity contribution in [3.05, 3.63) is 64.7 Å². The van der Waals surface area contributed by atoms with Gasteiger partial charge in [-0.05, 0) is 36.7 Å². The van der Waals surface area contributed by atoms with Crippen molar-refractivity contribution in [1.82, 2.24) is 10.6 Å². The molecular formula is C18H21ClN2O2. The van der Waals surface area contributed by atoms with E-state index in [-0.39, 0.29) is 12.5 Å². The molecule has 1 amide bonds. The summed E-state index contributed by atoms with van der Waals surface area (Å²) in [5.74, 6) is 0.740. The van der Waals surface area contributed by atoms with E-state index in [1.54, 1.807) is 7.11 Å². The summed E-state index contributed by atoms with van der Waals surface area (Å²) in [6.07, 6.45) is 0.834. The minimum atomic E-state index is -0.0398. The SMILES string of the molecule is COc1ccccc1CNC(=O)CNCCc1cccc(Cl)c1. The number of benzene rings is 2. The molecule has 0 saturated carbocycles. The van der Waals surface area contributed by atoms with Gasteiger partial charge in [0.1, 0.15) is 5.75 Å². The number of rotatable bonds is 8. The molecule has 4 nitrogen and oxygen atoms in total. The number of amides is 1. The largest absolute Gasteiger partial charge is 0.496 e. The van der Waals surface area contributed by atoms with Crippen molar-refractivity contribution in [1.29, 1.82) is 0 Å². The first-order valence-electron chi connectivity index (χ1n) is 7.53. The van der Waals surface area contributed by atoms with Crippen LogP contribution in [0.15, 0.2) is 48.5 Å². The van der Waals surface area contributed by atoms with Crippen LogP contribution in [0.4, 0.5) is 0 Å². The summed E-state index contributed by atoms with van der Waals surface area (Å²) in [7, 11) is 1.62. The van der Waals surface area contributed by atoms with E-state index in [0.717, 1.165) is 34.9 Å². The van der Waals surface area contributed by atoms with Crippen LogP contribution in [0.25, 0.3) is 0 Å².